The number of halogens is 2. The molecule has 0 aromatic heterocycles. The fraction of sp³-hybridized carbons (Fsp3) is 0.538. The first-order chi connectivity index (χ1) is 7.79. The van der Waals surface area contributed by atoms with Crippen molar-refractivity contribution in [2.75, 3.05) is 11.0 Å². The van der Waals surface area contributed by atoms with Crippen molar-refractivity contribution in [1.82, 2.24) is 0 Å². The van der Waals surface area contributed by atoms with Gasteiger partial charge in [-0.15, -0.1) is 0 Å². The SMILES string of the molecule is Clc1ccc(C(CI)OCC2CCC2)cc1. The van der Waals surface area contributed by atoms with Gasteiger partial charge in [-0.2, -0.15) is 0 Å². The fourth-order valence-corrected chi connectivity index (χ4v) is 2.71. The minimum atomic E-state index is 0.221. The summed E-state index contributed by atoms with van der Waals surface area (Å²) in [4.78, 5) is 0. The summed E-state index contributed by atoms with van der Waals surface area (Å²) in [7, 11) is 0. The maximum Gasteiger partial charge on any atom is 0.0914 e. The molecule has 0 bridgehead atoms. The van der Waals surface area contributed by atoms with Gasteiger partial charge in [-0.25, -0.2) is 0 Å². The van der Waals surface area contributed by atoms with E-state index in [1.807, 2.05) is 12.1 Å². The quantitative estimate of drug-likeness (QED) is 0.555. The highest BCUT2D eigenvalue weighted by Gasteiger charge is 2.20. The Balaban J connectivity index is 1.90. The summed E-state index contributed by atoms with van der Waals surface area (Å²) in [6, 6.07) is 7.99. The molecule has 0 spiro atoms. The lowest BCUT2D eigenvalue weighted by Crippen LogP contribution is -2.19. The van der Waals surface area contributed by atoms with Crippen molar-refractivity contribution < 1.29 is 4.74 Å². The summed E-state index contributed by atoms with van der Waals surface area (Å²) in [6.07, 6.45) is 4.28. The molecule has 0 N–H and O–H groups in total. The van der Waals surface area contributed by atoms with Crippen LogP contribution in [0.2, 0.25) is 5.02 Å². The van der Waals surface area contributed by atoms with Crippen molar-refractivity contribution in [3.8, 4) is 0 Å². The van der Waals surface area contributed by atoms with Crippen LogP contribution in [-0.2, 0) is 4.74 Å². The molecule has 1 aromatic rings. The van der Waals surface area contributed by atoms with Gasteiger partial charge in [0.15, 0.2) is 0 Å². The van der Waals surface area contributed by atoms with Gasteiger partial charge in [-0.3, -0.25) is 0 Å². The van der Waals surface area contributed by atoms with E-state index in [0.29, 0.717) is 0 Å². The zero-order chi connectivity index (χ0) is 11.4. The molecule has 1 aromatic carbocycles. The van der Waals surface area contributed by atoms with E-state index in [0.717, 1.165) is 22.0 Å². The van der Waals surface area contributed by atoms with Crippen LogP contribution in [0.15, 0.2) is 24.3 Å². The smallest absolute Gasteiger partial charge is 0.0914 e. The third kappa shape index (κ3) is 3.34. The standard InChI is InChI=1S/C13H16ClIO/c14-12-6-4-11(5-7-12)13(8-15)16-9-10-2-1-3-10/h4-7,10,13H,1-3,8-9H2. The summed E-state index contributed by atoms with van der Waals surface area (Å²) >= 11 is 8.26. The van der Waals surface area contributed by atoms with Crippen LogP contribution in [0.3, 0.4) is 0 Å². The maximum absolute atomic E-state index is 5.97. The molecule has 1 aliphatic carbocycles. The Bertz CT molecular complexity index is 321. The molecule has 1 aliphatic rings. The Hall–Kier alpha value is 0.200. The van der Waals surface area contributed by atoms with E-state index >= 15 is 0 Å². The highest BCUT2D eigenvalue weighted by atomic mass is 127. The van der Waals surface area contributed by atoms with Crippen LogP contribution < -0.4 is 0 Å². The third-order valence-electron chi connectivity index (χ3n) is 3.14. The van der Waals surface area contributed by atoms with E-state index in [9.17, 15) is 0 Å². The monoisotopic (exact) mass is 350 g/mol. The zero-order valence-corrected chi connectivity index (χ0v) is 12.1. The summed E-state index contributed by atoms with van der Waals surface area (Å²) < 4.78 is 6.96. The van der Waals surface area contributed by atoms with E-state index < -0.39 is 0 Å². The molecular weight excluding hydrogens is 334 g/mol. The van der Waals surface area contributed by atoms with Gasteiger partial charge in [0, 0.05) is 9.45 Å². The van der Waals surface area contributed by atoms with E-state index in [-0.39, 0.29) is 6.10 Å². The lowest BCUT2D eigenvalue weighted by molar-refractivity contribution is 0.0232. The number of hydrogen-bond donors (Lipinski definition) is 0. The lowest BCUT2D eigenvalue weighted by Gasteiger charge is -2.27. The lowest BCUT2D eigenvalue weighted by atomic mass is 9.86. The van der Waals surface area contributed by atoms with Gasteiger partial charge in [0.1, 0.15) is 0 Å². The highest BCUT2D eigenvalue weighted by Crippen LogP contribution is 2.29. The Morgan fingerprint density at radius 1 is 1.31 bits per heavy atom. The molecule has 0 aliphatic heterocycles. The van der Waals surface area contributed by atoms with Gasteiger partial charge in [0.2, 0.25) is 0 Å². The minimum Gasteiger partial charge on any atom is -0.372 e. The number of rotatable bonds is 5. The number of ether oxygens (including phenoxy) is 1. The predicted octanol–water partition coefficient (Wildman–Crippen LogP) is 4.63. The molecular formula is C13H16ClIO. The Morgan fingerprint density at radius 2 is 2.00 bits per heavy atom. The molecule has 0 radical (unpaired) electrons. The topological polar surface area (TPSA) is 9.23 Å². The molecule has 1 saturated carbocycles. The van der Waals surface area contributed by atoms with Crippen LogP contribution in [-0.4, -0.2) is 11.0 Å². The Kier molecular flexibility index (Phi) is 4.92. The van der Waals surface area contributed by atoms with Crippen molar-refractivity contribution in [2.45, 2.75) is 25.4 Å². The summed E-state index contributed by atoms with van der Waals surface area (Å²) in [5, 5.41) is 0.787. The molecule has 0 heterocycles. The highest BCUT2D eigenvalue weighted by molar-refractivity contribution is 14.1. The van der Waals surface area contributed by atoms with Crippen LogP contribution in [0.5, 0.6) is 0 Å². The third-order valence-corrected chi connectivity index (χ3v) is 4.19. The van der Waals surface area contributed by atoms with Gasteiger partial charge in [0.05, 0.1) is 12.7 Å². The second-order valence-corrected chi connectivity index (χ2v) is 5.64. The zero-order valence-electron chi connectivity index (χ0n) is 9.16. The first kappa shape index (κ1) is 12.7. The normalized spacial score (nSPS) is 18.1. The predicted molar refractivity (Wildman–Crippen MR) is 76.4 cm³/mol. The summed E-state index contributed by atoms with van der Waals surface area (Å²) in [5.74, 6) is 0.803. The van der Waals surface area contributed by atoms with Crippen molar-refractivity contribution in [3.63, 3.8) is 0 Å². The molecule has 1 fully saturated rings. The Labute approximate surface area is 116 Å². The average Bonchev–Trinajstić information content (AvgIpc) is 2.24. The van der Waals surface area contributed by atoms with Crippen LogP contribution in [0.4, 0.5) is 0 Å². The number of benzene rings is 1. The second kappa shape index (κ2) is 6.22. The maximum atomic E-state index is 5.97. The van der Waals surface area contributed by atoms with Crippen molar-refractivity contribution in [2.24, 2.45) is 5.92 Å². The van der Waals surface area contributed by atoms with Crippen LogP contribution >= 0.6 is 34.2 Å². The van der Waals surface area contributed by atoms with E-state index in [1.165, 1.54) is 24.8 Å². The molecule has 3 heteroatoms. The first-order valence-electron chi connectivity index (χ1n) is 5.72. The van der Waals surface area contributed by atoms with Crippen molar-refractivity contribution in [3.05, 3.63) is 34.9 Å². The van der Waals surface area contributed by atoms with Crippen LogP contribution in [0.1, 0.15) is 30.9 Å². The van der Waals surface area contributed by atoms with Gasteiger partial charge in [-0.1, -0.05) is 52.7 Å². The molecule has 88 valence electrons. The van der Waals surface area contributed by atoms with Gasteiger partial charge < -0.3 is 4.74 Å². The van der Waals surface area contributed by atoms with E-state index in [1.54, 1.807) is 0 Å². The molecule has 0 saturated heterocycles. The molecule has 1 atom stereocenters. The van der Waals surface area contributed by atoms with Gasteiger partial charge >= 0.3 is 0 Å². The largest absolute Gasteiger partial charge is 0.372 e. The molecule has 2 rings (SSSR count). The average molecular weight is 351 g/mol. The van der Waals surface area contributed by atoms with Gasteiger partial charge in [-0.05, 0) is 36.5 Å². The number of hydrogen-bond acceptors (Lipinski definition) is 1. The van der Waals surface area contributed by atoms with Crippen LogP contribution in [0, 0.1) is 5.92 Å². The number of alkyl halides is 1. The first-order valence-corrected chi connectivity index (χ1v) is 7.63. The van der Waals surface area contributed by atoms with Crippen molar-refractivity contribution in [1.29, 1.82) is 0 Å². The van der Waals surface area contributed by atoms with E-state index in [4.69, 9.17) is 16.3 Å². The molecule has 1 unspecified atom stereocenters. The molecule has 16 heavy (non-hydrogen) atoms. The molecule has 0 amide bonds. The fourth-order valence-electron chi connectivity index (χ4n) is 1.82. The van der Waals surface area contributed by atoms with Crippen LogP contribution in [0.25, 0.3) is 0 Å². The molecule has 1 nitrogen and oxygen atoms in total. The van der Waals surface area contributed by atoms with Crippen molar-refractivity contribution >= 4 is 34.2 Å². The summed E-state index contributed by atoms with van der Waals surface area (Å²) in [5.41, 5.74) is 1.23. The second-order valence-electron chi connectivity index (χ2n) is 4.32. The van der Waals surface area contributed by atoms with E-state index in [2.05, 4.69) is 34.7 Å². The van der Waals surface area contributed by atoms with Gasteiger partial charge in [0.25, 0.3) is 0 Å². The summed E-state index contributed by atoms with van der Waals surface area (Å²) in [6.45, 7) is 0.913. The minimum absolute atomic E-state index is 0.221. The Morgan fingerprint density at radius 3 is 2.50 bits per heavy atom.